The number of aryl methyl sites for hydroxylation is 1. The third-order valence-corrected chi connectivity index (χ3v) is 6.56. The molecule has 2 fully saturated rings. The molecule has 1 saturated carbocycles. The number of likely N-dealkylation sites (tertiary alicyclic amines) is 1. The number of imidazole rings is 1. The van der Waals surface area contributed by atoms with Crippen LogP contribution in [0.1, 0.15) is 59.6 Å². The fourth-order valence-electron chi connectivity index (χ4n) is 4.95. The topological polar surface area (TPSA) is 71.2 Å². The number of fused-ring (bicyclic) bond motifs is 1. The Morgan fingerprint density at radius 1 is 1.21 bits per heavy atom. The number of aromatic nitrogens is 3. The fraction of sp³-hybridized carbons (Fsp3) is 0.435. The van der Waals surface area contributed by atoms with E-state index in [0.29, 0.717) is 31.1 Å². The average molecular weight is 390 g/mol. The zero-order chi connectivity index (χ0) is 20.0. The first-order valence-electron chi connectivity index (χ1n) is 10.5. The van der Waals surface area contributed by atoms with Gasteiger partial charge in [0.15, 0.2) is 5.65 Å². The van der Waals surface area contributed by atoms with Gasteiger partial charge in [-0.05, 0) is 43.4 Å². The summed E-state index contributed by atoms with van der Waals surface area (Å²) in [5, 5.41) is 11.2. The van der Waals surface area contributed by atoms with Crippen LogP contribution in [0.3, 0.4) is 0 Å². The number of amides is 1. The Balaban J connectivity index is 1.38. The maximum absolute atomic E-state index is 13.1. The number of rotatable bonds is 3. The molecule has 1 aliphatic carbocycles. The fourth-order valence-corrected chi connectivity index (χ4v) is 4.95. The lowest BCUT2D eigenvalue weighted by molar-refractivity contribution is 0.0412. The van der Waals surface area contributed by atoms with Crippen LogP contribution in [0.5, 0.6) is 0 Å². The molecule has 0 radical (unpaired) electrons. The second-order valence-electron chi connectivity index (χ2n) is 8.48. The van der Waals surface area contributed by atoms with Gasteiger partial charge in [0, 0.05) is 18.8 Å². The Kier molecular flexibility index (Phi) is 4.39. The highest BCUT2D eigenvalue weighted by Crippen LogP contribution is 2.35. The van der Waals surface area contributed by atoms with E-state index < -0.39 is 5.60 Å². The van der Waals surface area contributed by atoms with E-state index in [1.54, 1.807) is 11.1 Å². The summed E-state index contributed by atoms with van der Waals surface area (Å²) in [5.41, 5.74) is 3.09. The quantitative estimate of drug-likeness (QED) is 0.742. The van der Waals surface area contributed by atoms with E-state index in [9.17, 15) is 9.90 Å². The van der Waals surface area contributed by atoms with Crippen LogP contribution in [0.2, 0.25) is 0 Å². The highest BCUT2D eigenvalue weighted by molar-refractivity contribution is 5.96. The maximum Gasteiger partial charge on any atom is 0.255 e. The minimum atomic E-state index is -0.997. The molecule has 3 aromatic rings. The van der Waals surface area contributed by atoms with E-state index in [2.05, 4.69) is 14.5 Å². The van der Waals surface area contributed by atoms with Crippen molar-refractivity contribution in [1.82, 2.24) is 19.4 Å². The smallest absolute Gasteiger partial charge is 0.255 e. The number of aliphatic hydroxyl groups is 1. The van der Waals surface area contributed by atoms with Crippen LogP contribution in [0.25, 0.3) is 11.2 Å². The number of pyridine rings is 1. The van der Waals surface area contributed by atoms with Crippen molar-refractivity contribution in [3.05, 3.63) is 59.5 Å². The van der Waals surface area contributed by atoms with Gasteiger partial charge in [0.1, 0.15) is 11.1 Å². The third kappa shape index (κ3) is 3.12. The van der Waals surface area contributed by atoms with E-state index in [-0.39, 0.29) is 5.91 Å². The van der Waals surface area contributed by atoms with Crippen molar-refractivity contribution in [2.24, 2.45) is 0 Å². The number of nitrogens with zero attached hydrogens (tertiary/aromatic N) is 4. The van der Waals surface area contributed by atoms with Gasteiger partial charge in [-0.15, -0.1) is 0 Å². The summed E-state index contributed by atoms with van der Waals surface area (Å²) < 4.78 is 2.16. The van der Waals surface area contributed by atoms with Gasteiger partial charge in [0.25, 0.3) is 5.91 Å². The monoisotopic (exact) mass is 390 g/mol. The van der Waals surface area contributed by atoms with E-state index >= 15 is 0 Å². The molecule has 1 aromatic carbocycles. The molecule has 5 rings (SSSR count). The molecule has 0 spiro atoms. The first-order chi connectivity index (χ1) is 14.0. The van der Waals surface area contributed by atoms with Gasteiger partial charge in [-0.1, -0.05) is 37.1 Å². The highest BCUT2D eigenvalue weighted by Gasteiger charge is 2.40. The van der Waals surface area contributed by atoms with Crippen LogP contribution >= 0.6 is 0 Å². The lowest BCUT2D eigenvalue weighted by atomic mass is 9.89. The third-order valence-electron chi connectivity index (χ3n) is 6.56. The molecule has 1 saturated heterocycles. The molecule has 29 heavy (non-hydrogen) atoms. The molecule has 6 nitrogen and oxygen atoms in total. The van der Waals surface area contributed by atoms with Gasteiger partial charge in [-0.25, -0.2) is 9.97 Å². The number of benzene rings is 1. The lowest BCUT2D eigenvalue weighted by Crippen LogP contribution is -2.34. The van der Waals surface area contributed by atoms with Crippen LogP contribution in [0, 0.1) is 6.92 Å². The average Bonchev–Trinajstić information content (AvgIpc) is 3.47. The molecular formula is C23H26N4O2. The minimum Gasteiger partial charge on any atom is -0.383 e. The standard InChI is InChI=1S/C23H26N4O2/c1-16-6-2-5-9-19(16)23(29)10-11-26(14-23)22(28)17-12-20-21(24-13-17)27(15-25-20)18-7-3-4-8-18/h2,5-6,9,12-13,15,18,29H,3-4,7-8,10-11,14H2,1H3. The number of hydrogen-bond acceptors (Lipinski definition) is 4. The Morgan fingerprint density at radius 3 is 2.79 bits per heavy atom. The first-order valence-corrected chi connectivity index (χ1v) is 10.5. The molecule has 6 heteroatoms. The summed E-state index contributed by atoms with van der Waals surface area (Å²) in [6.45, 7) is 2.82. The zero-order valence-corrected chi connectivity index (χ0v) is 16.7. The van der Waals surface area contributed by atoms with Crippen molar-refractivity contribution in [2.45, 2.75) is 50.7 Å². The number of β-amino-alcohol motifs (C(OH)–C–C–N with tert-alkyl or cyclic N) is 1. The predicted octanol–water partition coefficient (Wildman–Crippen LogP) is 3.59. The number of carbonyl (C=O) groups is 1. The van der Waals surface area contributed by atoms with Crippen molar-refractivity contribution < 1.29 is 9.90 Å². The summed E-state index contributed by atoms with van der Waals surface area (Å²) in [6.07, 6.45) is 8.88. The van der Waals surface area contributed by atoms with Crippen molar-refractivity contribution in [3.63, 3.8) is 0 Å². The molecule has 1 amide bonds. The summed E-state index contributed by atoms with van der Waals surface area (Å²) >= 11 is 0. The summed E-state index contributed by atoms with van der Waals surface area (Å²) in [5.74, 6) is -0.0978. The Morgan fingerprint density at radius 2 is 2.00 bits per heavy atom. The minimum absolute atomic E-state index is 0.0978. The first kappa shape index (κ1) is 18.3. The van der Waals surface area contributed by atoms with E-state index in [1.807, 2.05) is 43.6 Å². The zero-order valence-electron chi connectivity index (χ0n) is 16.7. The van der Waals surface area contributed by atoms with Gasteiger partial charge < -0.3 is 14.6 Å². The Hall–Kier alpha value is -2.73. The van der Waals surface area contributed by atoms with Crippen LogP contribution in [0.4, 0.5) is 0 Å². The molecular weight excluding hydrogens is 364 g/mol. The van der Waals surface area contributed by atoms with E-state index in [1.165, 1.54) is 25.7 Å². The van der Waals surface area contributed by atoms with Crippen LogP contribution in [-0.2, 0) is 5.60 Å². The number of carbonyl (C=O) groups excluding carboxylic acids is 1. The SMILES string of the molecule is Cc1ccccc1C1(O)CCN(C(=O)c2cnc3c(c2)ncn3C2CCCC2)C1. The highest BCUT2D eigenvalue weighted by atomic mass is 16.3. The Bertz CT molecular complexity index is 1070. The van der Waals surface area contributed by atoms with Crippen molar-refractivity contribution in [3.8, 4) is 0 Å². The molecule has 3 heterocycles. The van der Waals surface area contributed by atoms with Gasteiger partial charge in [0.2, 0.25) is 0 Å². The van der Waals surface area contributed by atoms with Crippen LogP contribution in [-0.4, -0.2) is 43.5 Å². The molecule has 150 valence electrons. The molecule has 0 bridgehead atoms. The van der Waals surface area contributed by atoms with E-state index in [0.717, 1.165) is 22.3 Å². The van der Waals surface area contributed by atoms with Gasteiger partial charge in [-0.3, -0.25) is 4.79 Å². The van der Waals surface area contributed by atoms with Crippen molar-refractivity contribution in [1.29, 1.82) is 0 Å². The number of hydrogen-bond donors (Lipinski definition) is 1. The second-order valence-corrected chi connectivity index (χ2v) is 8.48. The normalized spacial score (nSPS) is 22.6. The lowest BCUT2D eigenvalue weighted by Gasteiger charge is -2.25. The summed E-state index contributed by atoms with van der Waals surface area (Å²) in [6, 6.07) is 10.1. The van der Waals surface area contributed by atoms with E-state index in [4.69, 9.17) is 0 Å². The van der Waals surface area contributed by atoms with Crippen molar-refractivity contribution in [2.75, 3.05) is 13.1 Å². The molecule has 2 aromatic heterocycles. The van der Waals surface area contributed by atoms with Crippen molar-refractivity contribution >= 4 is 17.1 Å². The molecule has 2 aliphatic rings. The Labute approximate surface area is 170 Å². The van der Waals surface area contributed by atoms with Crippen LogP contribution < -0.4 is 0 Å². The maximum atomic E-state index is 13.1. The van der Waals surface area contributed by atoms with Gasteiger partial charge in [-0.2, -0.15) is 0 Å². The molecule has 1 atom stereocenters. The van der Waals surface area contributed by atoms with Gasteiger partial charge in [0.05, 0.1) is 18.4 Å². The molecule has 1 unspecified atom stereocenters. The molecule has 1 N–H and O–H groups in total. The van der Waals surface area contributed by atoms with Crippen LogP contribution in [0.15, 0.2) is 42.9 Å². The predicted molar refractivity (Wildman–Crippen MR) is 111 cm³/mol. The van der Waals surface area contributed by atoms with Gasteiger partial charge >= 0.3 is 0 Å². The summed E-state index contributed by atoms with van der Waals surface area (Å²) in [7, 11) is 0. The molecule has 1 aliphatic heterocycles. The second kappa shape index (κ2) is 6.95. The summed E-state index contributed by atoms with van der Waals surface area (Å²) in [4.78, 5) is 23.9. The largest absolute Gasteiger partial charge is 0.383 e.